The van der Waals surface area contributed by atoms with Crippen LogP contribution in [0.3, 0.4) is 0 Å². The van der Waals surface area contributed by atoms with Gasteiger partial charge in [-0.15, -0.1) is 0 Å². The summed E-state index contributed by atoms with van der Waals surface area (Å²) >= 11 is 0. The van der Waals surface area contributed by atoms with Crippen LogP contribution in [0.25, 0.3) is 0 Å². The van der Waals surface area contributed by atoms with Gasteiger partial charge in [-0.25, -0.2) is 0 Å². The fourth-order valence-corrected chi connectivity index (χ4v) is 3.62. The first kappa shape index (κ1) is 16.3. The number of nitrogens with zero attached hydrogens (tertiary/aromatic N) is 2. The molecule has 2 fully saturated rings. The van der Waals surface area contributed by atoms with Crippen LogP contribution in [0.15, 0.2) is 0 Å². The Bertz CT molecular complexity index is 339. The molecule has 2 nitrogen and oxygen atoms in total. The summed E-state index contributed by atoms with van der Waals surface area (Å²) in [6.07, 6.45) is 7.39. The van der Waals surface area contributed by atoms with E-state index >= 15 is 0 Å². The molecule has 0 aliphatic carbocycles. The zero-order valence-corrected chi connectivity index (χ0v) is 11.5. The van der Waals surface area contributed by atoms with Crippen molar-refractivity contribution in [2.45, 2.75) is 57.0 Å². The van der Waals surface area contributed by atoms with E-state index in [0.717, 1.165) is 23.4 Å². The molecule has 0 radical (unpaired) electrons. The third-order valence-corrected chi connectivity index (χ3v) is 4.75. The highest BCUT2D eigenvalue weighted by atomic mass is 19.5. The van der Waals surface area contributed by atoms with Crippen molar-refractivity contribution in [1.82, 2.24) is 0 Å². The van der Waals surface area contributed by atoms with E-state index in [1.165, 1.54) is 32.2 Å². The molecule has 7 heteroatoms. The van der Waals surface area contributed by atoms with Gasteiger partial charge in [-0.1, -0.05) is 13.3 Å². The molecule has 2 saturated heterocycles. The Labute approximate surface area is 112 Å². The van der Waals surface area contributed by atoms with Crippen molar-refractivity contribution in [3.63, 3.8) is 0 Å². The Morgan fingerprint density at radius 1 is 1.26 bits per heavy atom. The summed E-state index contributed by atoms with van der Waals surface area (Å²) in [7, 11) is -3.68. The molecule has 110 valence electrons. The third-order valence-electron chi connectivity index (χ3n) is 4.75. The molecule has 2 aliphatic rings. The highest BCUT2D eigenvalue weighted by Gasteiger charge is 2.62. The van der Waals surface area contributed by atoms with Crippen LogP contribution in [-0.2, 0) is 0 Å². The van der Waals surface area contributed by atoms with E-state index in [2.05, 4.69) is 20.0 Å². The highest BCUT2D eigenvalue weighted by molar-refractivity contribution is 6.50. The normalized spacial score (nSPS) is 36.6. The fraction of sp³-hybridized carbons (Fsp3) is 0.917. The quantitative estimate of drug-likeness (QED) is 0.439. The van der Waals surface area contributed by atoms with Crippen LogP contribution >= 0.6 is 0 Å². The highest BCUT2D eigenvalue weighted by Crippen LogP contribution is 2.51. The molecular formula is C12H21BF4N2. The zero-order valence-electron chi connectivity index (χ0n) is 11.5. The van der Waals surface area contributed by atoms with E-state index in [0.29, 0.717) is 0 Å². The Kier molecular flexibility index (Phi) is 4.89. The van der Waals surface area contributed by atoms with Crippen molar-refractivity contribution >= 4 is 7.25 Å². The average Bonchev–Trinajstić information content (AvgIpc) is 2.74. The Morgan fingerprint density at radius 2 is 1.74 bits per heavy atom. The second kappa shape index (κ2) is 5.70. The van der Waals surface area contributed by atoms with Gasteiger partial charge in [-0.3, -0.25) is 0 Å². The Morgan fingerprint density at radius 3 is 2.11 bits per heavy atom. The van der Waals surface area contributed by atoms with Crippen molar-refractivity contribution in [2.75, 3.05) is 13.6 Å². The summed E-state index contributed by atoms with van der Waals surface area (Å²) in [4.78, 5) is 0. The molecular weight excluding hydrogens is 259 g/mol. The predicted molar refractivity (Wildman–Crippen MR) is 66.7 cm³/mol. The van der Waals surface area contributed by atoms with Crippen molar-refractivity contribution in [3.05, 3.63) is 0 Å². The molecule has 2 heterocycles. The summed E-state index contributed by atoms with van der Waals surface area (Å²) in [5.74, 6) is 0. The van der Waals surface area contributed by atoms with Gasteiger partial charge in [0.25, 0.3) is 0 Å². The minimum atomic E-state index is -6.00. The first-order valence-corrected chi connectivity index (χ1v) is 6.82. The molecule has 0 saturated carbocycles. The number of rotatable bonds is 3. The van der Waals surface area contributed by atoms with E-state index in [9.17, 15) is 22.5 Å². The van der Waals surface area contributed by atoms with Crippen molar-refractivity contribution in [2.24, 2.45) is 0 Å². The molecule has 2 bridgehead atoms. The van der Waals surface area contributed by atoms with Crippen LogP contribution in [-0.4, -0.2) is 36.9 Å². The molecule has 1 atom stereocenters. The number of hydrogen-bond donors (Lipinski definition) is 0. The molecule has 19 heavy (non-hydrogen) atoms. The molecule has 0 spiro atoms. The largest absolute Gasteiger partial charge is 0.673 e. The number of unbranched alkanes of at least 4 members (excludes halogenated alkanes) is 1. The molecule has 2 aliphatic heterocycles. The van der Waals surface area contributed by atoms with Gasteiger partial charge < -0.3 is 21.7 Å². The summed E-state index contributed by atoms with van der Waals surface area (Å²) in [5.41, 5.74) is -0.000162. The monoisotopic (exact) mass is 280 g/mol. The van der Waals surface area contributed by atoms with Gasteiger partial charge in [0.15, 0.2) is 5.54 Å². The number of fused-ring (bicyclic) bond motifs is 2. The second-order valence-corrected chi connectivity index (χ2v) is 5.71. The minimum absolute atomic E-state index is 0.000162. The minimum Gasteiger partial charge on any atom is -0.418 e. The van der Waals surface area contributed by atoms with Crippen molar-refractivity contribution in [3.8, 4) is 6.07 Å². The lowest BCUT2D eigenvalue weighted by atomic mass is 9.89. The van der Waals surface area contributed by atoms with Gasteiger partial charge in [0.1, 0.15) is 6.07 Å². The van der Waals surface area contributed by atoms with E-state index in [1.807, 2.05) is 0 Å². The van der Waals surface area contributed by atoms with Crippen LogP contribution in [0.1, 0.15) is 45.4 Å². The van der Waals surface area contributed by atoms with Gasteiger partial charge in [0.05, 0.1) is 19.6 Å². The molecule has 0 N–H and O–H groups in total. The van der Waals surface area contributed by atoms with Crippen LogP contribution < -0.4 is 0 Å². The smallest absolute Gasteiger partial charge is 0.418 e. The van der Waals surface area contributed by atoms with E-state index in [4.69, 9.17) is 0 Å². The van der Waals surface area contributed by atoms with E-state index in [1.54, 1.807) is 0 Å². The standard InChI is InChI=1S/C12H21N2.BF4/c1-3-4-9-14(2)11-5-7-12(14,10-13)8-6-11;2-1(3,4)5/h11H,3-9H2,1-2H3;/q+1;-1. The van der Waals surface area contributed by atoms with Crippen LogP contribution in [0, 0.1) is 11.3 Å². The lowest BCUT2D eigenvalue weighted by Crippen LogP contribution is -2.56. The molecule has 0 aromatic heterocycles. The van der Waals surface area contributed by atoms with Crippen LogP contribution in [0.4, 0.5) is 17.3 Å². The van der Waals surface area contributed by atoms with E-state index in [-0.39, 0.29) is 5.54 Å². The van der Waals surface area contributed by atoms with Gasteiger partial charge >= 0.3 is 7.25 Å². The SMILES string of the molecule is CCCC[N+]1(C)C2CCC1(C#N)CC2.F[B-](F)(F)F. The average molecular weight is 280 g/mol. The van der Waals surface area contributed by atoms with E-state index < -0.39 is 7.25 Å². The van der Waals surface area contributed by atoms with Crippen LogP contribution in [0.2, 0.25) is 0 Å². The topological polar surface area (TPSA) is 23.8 Å². The summed E-state index contributed by atoms with van der Waals surface area (Å²) in [6.45, 7) is 3.46. The Balaban J connectivity index is 0.000000312. The van der Waals surface area contributed by atoms with Crippen molar-refractivity contribution in [1.29, 1.82) is 5.26 Å². The molecule has 0 aromatic rings. The van der Waals surface area contributed by atoms with Gasteiger partial charge in [0, 0.05) is 25.7 Å². The zero-order chi connectivity index (χ0) is 14.7. The molecule has 2 rings (SSSR count). The van der Waals surface area contributed by atoms with Gasteiger partial charge in [0.2, 0.25) is 0 Å². The van der Waals surface area contributed by atoms with Crippen molar-refractivity contribution < 1.29 is 21.7 Å². The maximum absolute atomic E-state index is 9.75. The lowest BCUT2D eigenvalue weighted by Gasteiger charge is -2.40. The Hall–Kier alpha value is -0.765. The third kappa shape index (κ3) is 3.41. The van der Waals surface area contributed by atoms with Gasteiger partial charge in [-0.2, -0.15) is 5.26 Å². The number of hydrogen-bond acceptors (Lipinski definition) is 1. The number of nitriles is 1. The number of quaternary nitrogens is 1. The first-order chi connectivity index (χ1) is 8.68. The predicted octanol–water partition coefficient (Wildman–Crippen LogP) is 3.75. The maximum Gasteiger partial charge on any atom is 0.673 e. The second-order valence-electron chi connectivity index (χ2n) is 5.71. The number of halogens is 4. The molecule has 0 amide bonds. The van der Waals surface area contributed by atoms with Crippen LogP contribution in [0.5, 0.6) is 0 Å². The lowest BCUT2D eigenvalue weighted by molar-refractivity contribution is -0.946. The first-order valence-electron chi connectivity index (χ1n) is 6.82. The van der Waals surface area contributed by atoms with Gasteiger partial charge in [-0.05, 0) is 6.42 Å². The summed E-state index contributed by atoms with van der Waals surface area (Å²) in [6, 6.07) is 3.43. The molecule has 0 aromatic carbocycles. The summed E-state index contributed by atoms with van der Waals surface area (Å²) in [5, 5.41) is 9.41. The fourth-order valence-electron chi connectivity index (χ4n) is 3.62. The molecule has 1 unspecified atom stereocenters. The summed E-state index contributed by atoms with van der Waals surface area (Å²) < 4.78 is 40.1. The maximum atomic E-state index is 9.75.